The lowest BCUT2D eigenvalue weighted by molar-refractivity contribution is 0.461. The second-order valence-electron chi connectivity index (χ2n) is 4.51. The molecule has 1 rings (SSSR count). The van der Waals surface area contributed by atoms with Crippen molar-refractivity contribution < 1.29 is 0 Å². The summed E-state index contributed by atoms with van der Waals surface area (Å²) in [5, 5.41) is 8.13. The third-order valence-electron chi connectivity index (χ3n) is 2.64. The van der Waals surface area contributed by atoms with Crippen LogP contribution in [-0.4, -0.2) is 21.3 Å². The SMILES string of the molecule is CCC(CN)Cc1nncn1CC(C)C. The quantitative estimate of drug-likeness (QED) is 0.773. The maximum Gasteiger partial charge on any atom is 0.133 e. The first-order chi connectivity index (χ1) is 7.17. The molecule has 0 fully saturated rings. The lowest BCUT2D eigenvalue weighted by atomic mass is 10.0. The van der Waals surface area contributed by atoms with Crippen molar-refractivity contribution in [2.24, 2.45) is 17.6 Å². The molecule has 0 aliphatic carbocycles. The van der Waals surface area contributed by atoms with Gasteiger partial charge in [0.1, 0.15) is 12.2 Å². The standard InChI is InChI=1S/C11H22N4/c1-4-10(6-12)5-11-14-13-8-15(11)7-9(2)3/h8-10H,4-7,12H2,1-3H3. The normalized spacial score (nSPS) is 13.4. The lowest BCUT2D eigenvalue weighted by Gasteiger charge is -2.13. The molecule has 2 N–H and O–H groups in total. The van der Waals surface area contributed by atoms with Crippen LogP contribution >= 0.6 is 0 Å². The molecular formula is C11H22N4. The Balaban J connectivity index is 2.63. The van der Waals surface area contributed by atoms with Crippen molar-refractivity contribution >= 4 is 0 Å². The summed E-state index contributed by atoms with van der Waals surface area (Å²) in [6.07, 6.45) is 3.86. The first kappa shape index (κ1) is 12.2. The van der Waals surface area contributed by atoms with E-state index < -0.39 is 0 Å². The third kappa shape index (κ3) is 3.63. The number of nitrogens with two attached hydrogens (primary N) is 1. The van der Waals surface area contributed by atoms with Crippen molar-refractivity contribution in [1.29, 1.82) is 0 Å². The summed E-state index contributed by atoms with van der Waals surface area (Å²) in [7, 11) is 0. The largest absolute Gasteiger partial charge is 0.330 e. The van der Waals surface area contributed by atoms with Gasteiger partial charge in [-0.3, -0.25) is 0 Å². The Morgan fingerprint density at radius 3 is 2.73 bits per heavy atom. The molecule has 1 atom stereocenters. The number of hydrogen-bond donors (Lipinski definition) is 1. The van der Waals surface area contributed by atoms with Crippen molar-refractivity contribution in [3.8, 4) is 0 Å². The van der Waals surface area contributed by atoms with Gasteiger partial charge in [-0.2, -0.15) is 0 Å². The van der Waals surface area contributed by atoms with E-state index in [4.69, 9.17) is 5.73 Å². The van der Waals surface area contributed by atoms with Gasteiger partial charge in [0.05, 0.1) is 0 Å². The van der Waals surface area contributed by atoms with Gasteiger partial charge in [0.2, 0.25) is 0 Å². The molecule has 1 aromatic rings. The molecule has 0 aliphatic rings. The van der Waals surface area contributed by atoms with E-state index in [-0.39, 0.29) is 0 Å². The molecule has 0 radical (unpaired) electrons. The van der Waals surface area contributed by atoms with Gasteiger partial charge >= 0.3 is 0 Å². The average Bonchev–Trinajstić information content (AvgIpc) is 2.61. The number of nitrogens with zero attached hydrogens (tertiary/aromatic N) is 3. The van der Waals surface area contributed by atoms with Crippen molar-refractivity contribution in [3.63, 3.8) is 0 Å². The van der Waals surface area contributed by atoms with Gasteiger partial charge in [-0.25, -0.2) is 0 Å². The second-order valence-corrected chi connectivity index (χ2v) is 4.51. The zero-order valence-electron chi connectivity index (χ0n) is 9.98. The molecule has 0 saturated heterocycles. The summed E-state index contributed by atoms with van der Waals surface area (Å²) in [4.78, 5) is 0. The average molecular weight is 210 g/mol. The molecule has 4 heteroatoms. The van der Waals surface area contributed by atoms with Crippen LogP contribution < -0.4 is 5.73 Å². The molecule has 0 amide bonds. The van der Waals surface area contributed by atoms with E-state index in [0.29, 0.717) is 11.8 Å². The van der Waals surface area contributed by atoms with E-state index in [1.807, 2.05) is 6.33 Å². The monoisotopic (exact) mass is 210 g/mol. The van der Waals surface area contributed by atoms with Crippen LogP contribution in [0, 0.1) is 11.8 Å². The van der Waals surface area contributed by atoms with Gasteiger partial charge in [-0.05, 0) is 18.4 Å². The predicted octanol–water partition coefficient (Wildman–Crippen LogP) is 1.46. The fraction of sp³-hybridized carbons (Fsp3) is 0.818. The highest BCUT2D eigenvalue weighted by Gasteiger charge is 2.11. The van der Waals surface area contributed by atoms with Crippen molar-refractivity contribution in [3.05, 3.63) is 12.2 Å². The highest BCUT2D eigenvalue weighted by Crippen LogP contribution is 2.10. The van der Waals surface area contributed by atoms with Crippen LogP contribution in [-0.2, 0) is 13.0 Å². The van der Waals surface area contributed by atoms with Crippen molar-refractivity contribution in [1.82, 2.24) is 14.8 Å². The van der Waals surface area contributed by atoms with Gasteiger partial charge < -0.3 is 10.3 Å². The predicted molar refractivity (Wildman–Crippen MR) is 61.4 cm³/mol. The van der Waals surface area contributed by atoms with Crippen LogP contribution in [0.4, 0.5) is 0 Å². The first-order valence-electron chi connectivity index (χ1n) is 5.74. The Kier molecular flexibility index (Phi) is 4.75. The number of hydrogen-bond acceptors (Lipinski definition) is 3. The molecular weight excluding hydrogens is 188 g/mol. The van der Waals surface area contributed by atoms with Crippen LogP contribution in [0.2, 0.25) is 0 Å². The minimum absolute atomic E-state index is 0.528. The van der Waals surface area contributed by atoms with Crippen LogP contribution in [0.15, 0.2) is 6.33 Å². The van der Waals surface area contributed by atoms with Crippen molar-refractivity contribution in [2.75, 3.05) is 6.54 Å². The van der Waals surface area contributed by atoms with E-state index in [0.717, 1.165) is 31.8 Å². The van der Waals surface area contributed by atoms with Gasteiger partial charge in [0, 0.05) is 13.0 Å². The summed E-state index contributed by atoms with van der Waals surface area (Å²) in [5.74, 6) is 2.22. The fourth-order valence-corrected chi connectivity index (χ4v) is 1.64. The van der Waals surface area contributed by atoms with Crippen LogP contribution in [0.25, 0.3) is 0 Å². The van der Waals surface area contributed by atoms with Crippen LogP contribution in [0.1, 0.15) is 33.0 Å². The first-order valence-corrected chi connectivity index (χ1v) is 5.74. The molecule has 1 unspecified atom stereocenters. The Hall–Kier alpha value is -0.900. The summed E-state index contributed by atoms with van der Waals surface area (Å²) in [6, 6.07) is 0. The molecule has 1 aromatic heterocycles. The molecule has 0 bridgehead atoms. The zero-order chi connectivity index (χ0) is 11.3. The molecule has 0 aliphatic heterocycles. The molecule has 0 saturated carbocycles. The summed E-state index contributed by atoms with van der Waals surface area (Å²) < 4.78 is 2.14. The second kappa shape index (κ2) is 5.85. The smallest absolute Gasteiger partial charge is 0.133 e. The molecule has 0 spiro atoms. The van der Waals surface area contributed by atoms with Gasteiger partial charge in [-0.15, -0.1) is 10.2 Å². The fourth-order valence-electron chi connectivity index (χ4n) is 1.64. The molecule has 1 heterocycles. The Morgan fingerprint density at radius 2 is 2.20 bits per heavy atom. The number of aromatic nitrogens is 3. The topological polar surface area (TPSA) is 56.7 Å². The summed E-state index contributed by atoms with van der Waals surface area (Å²) >= 11 is 0. The highest BCUT2D eigenvalue weighted by atomic mass is 15.3. The lowest BCUT2D eigenvalue weighted by Crippen LogP contribution is -2.19. The van der Waals surface area contributed by atoms with E-state index >= 15 is 0 Å². The molecule has 0 aromatic carbocycles. The van der Waals surface area contributed by atoms with E-state index in [1.54, 1.807) is 0 Å². The van der Waals surface area contributed by atoms with Crippen LogP contribution in [0.3, 0.4) is 0 Å². The minimum Gasteiger partial charge on any atom is -0.330 e. The maximum absolute atomic E-state index is 5.69. The van der Waals surface area contributed by atoms with Crippen LogP contribution in [0.5, 0.6) is 0 Å². The molecule has 86 valence electrons. The maximum atomic E-state index is 5.69. The van der Waals surface area contributed by atoms with E-state index in [2.05, 4.69) is 35.5 Å². The van der Waals surface area contributed by atoms with E-state index in [9.17, 15) is 0 Å². The molecule has 15 heavy (non-hydrogen) atoms. The van der Waals surface area contributed by atoms with E-state index in [1.165, 1.54) is 0 Å². The number of rotatable bonds is 6. The summed E-state index contributed by atoms with van der Waals surface area (Å²) in [6.45, 7) is 8.28. The summed E-state index contributed by atoms with van der Waals surface area (Å²) in [5.41, 5.74) is 5.69. The Bertz CT molecular complexity index is 276. The van der Waals surface area contributed by atoms with Gasteiger partial charge in [0.25, 0.3) is 0 Å². The Labute approximate surface area is 91.9 Å². The zero-order valence-corrected chi connectivity index (χ0v) is 9.98. The van der Waals surface area contributed by atoms with Crippen molar-refractivity contribution in [2.45, 2.75) is 40.2 Å². The van der Waals surface area contributed by atoms with Gasteiger partial charge in [0.15, 0.2) is 0 Å². The minimum atomic E-state index is 0.528. The highest BCUT2D eigenvalue weighted by molar-refractivity contribution is 4.88. The molecule has 4 nitrogen and oxygen atoms in total. The Morgan fingerprint density at radius 1 is 1.47 bits per heavy atom. The van der Waals surface area contributed by atoms with Gasteiger partial charge in [-0.1, -0.05) is 27.2 Å². The third-order valence-corrected chi connectivity index (χ3v) is 2.64.